The van der Waals surface area contributed by atoms with Gasteiger partial charge >= 0.3 is 0 Å². The van der Waals surface area contributed by atoms with Gasteiger partial charge in [-0.1, -0.05) is 31.2 Å². The molecule has 2 aromatic carbocycles. The molecule has 3 atom stereocenters. The topological polar surface area (TPSA) is 84.6 Å². The number of para-hydroxylation sites is 1. The van der Waals surface area contributed by atoms with Gasteiger partial charge in [0, 0.05) is 67.3 Å². The van der Waals surface area contributed by atoms with E-state index in [2.05, 4.69) is 30.8 Å². The molecule has 3 unspecified atom stereocenters. The van der Waals surface area contributed by atoms with E-state index < -0.39 is 0 Å². The minimum Gasteiger partial charge on any atom is -0.457 e. The Hall–Kier alpha value is -3.88. The van der Waals surface area contributed by atoms with E-state index in [0.717, 1.165) is 79.6 Å². The number of likely N-dealkylation sites (N-methyl/N-ethyl adjacent to an activating group) is 1. The zero-order valence-corrected chi connectivity index (χ0v) is 28.9. The molecule has 2 fully saturated rings. The van der Waals surface area contributed by atoms with Crippen LogP contribution in [0.4, 0.5) is 0 Å². The maximum Gasteiger partial charge on any atom is 0.246 e. The molecule has 0 spiro atoms. The quantitative estimate of drug-likeness (QED) is 0.231. The highest BCUT2D eigenvalue weighted by Gasteiger charge is 2.37. The maximum absolute atomic E-state index is 13.4. The van der Waals surface area contributed by atoms with Gasteiger partial charge in [0.05, 0.1) is 11.4 Å². The average Bonchev–Trinajstić information content (AvgIpc) is 3.22. The number of hydrogen-bond donors (Lipinski definition) is 1. The van der Waals surface area contributed by atoms with Gasteiger partial charge in [0.25, 0.3) is 0 Å². The molecule has 1 amide bonds. The second-order valence-electron chi connectivity index (χ2n) is 13.4. The van der Waals surface area contributed by atoms with Crippen LogP contribution in [0.25, 0.3) is 0 Å². The lowest BCUT2D eigenvalue weighted by Crippen LogP contribution is -2.43. The molecule has 8 heteroatoms. The molecule has 0 bridgehead atoms. The molecule has 47 heavy (non-hydrogen) atoms. The van der Waals surface area contributed by atoms with E-state index >= 15 is 0 Å². The van der Waals surface area contributed by atoms with E-state index in [0.29, 0.717) is 24.2 Å². The van der Waals surface area contributed by atoms with Crippen molar-refractivity contribution >= 4 is 23.5 Å². The minimum absolute atomic E-state index is 0.0854. The fraction of sp³-hybridized carbons (Fsp3) is 0.487. The summed E-state index contributed by atoms with van der Waals surface area (Å²) in [7, 11) is 4.36. The number of piperidine rings is 2. The highest BCUT2D eigenvalue weighted by Crippen LogP contribution is 2.38. The molecule has 2 aromatic rings. The van der Waals surface area contributed by atoms with E-state index in [4.69, 9.17) is 20.1 Å². The summed E-state index contributed by atoms with van der Waals surface area (Å²) in [6.45, 7) is 11.2. The van der Waals surface area contributed by atoms with Gasteiger partial charge in [0.15, 0.2) is 0 Å². The van der Waals surface area contributed by atoms with Crippen LogP contribution >= 0.6 is 0 Å². The number of hydrogen-bond acceptors (Lipinski definition) is 7. The molecule has 0 radical (unpaired) electrons. The highest BCUT2D eigenvalue weighted by atomic mass is 16.5. The van der Waals surface area contributed by atoms with Crippen LogP contribution in [0.15, 0.2) is 88.0 Å². The molecular weight excluding hydrogens is 584 g/mol. The van der Waals surface area contributed by atoms with Gasteiger partial charge in [-0.2, -0.15) is 0 Å². The Labute approximate surface area is 281 Å². The SMILES string of the molecule is CC=NC1=C(C(C)=N)C(c2ccc(Oc3ccccc3)cc2)=NCC(C2CCCN(C(=O)C=CCN(C)C3CCN(C)CC3)C2)C1C. The standard InChI is InChI=1S/C39H52N6O2/c1-6-41-38-28(2)35(31-12-10-23-45(27-31)36(46)15-11-22-44(5)32-20-24-43(4)25-21-32)26-42-39(37(38)29(3)40)30-16-18-34(19-17-30)47-33-13-8-7-9-14-33/h6-9,11,13-19,28,31-32,35,40H,10,12,20-27H2,1-5H3. The van der Waals surface area contributed by atoms with Crippen LogP contribution in [0.2, 0.25) is 0 Å². The lowest BCUT2D eigenvalue weighted by molar-refractivity contribution is -0.128. The summed E-state index contributed by atoms with van der Waals surface area (Å²) < 4.78 is 6.03. The zero-order chi connectivity index (χ0) is 33.3. The second-order valence-corrected chi connectivity index (χ2v) is 13.4. The van der Waals surface area contributed by atoms with Crippen molar-refractivity contribution in [2.24, 2.45) is 27.7 Å². The molecular formula is C39H52N6O2. The number of allylic oxidation sites excluding steroid dienone is 2. The third kappa shape index (κ3) is 8.73. The number of carbonyl (C=O) groups excluding carboxylic acids is 1. The molecule has 0 aromatic heterocycles. The molecule has 3 aliphatic rings. The van der Waals surface area contributed by atoms with Gasteiger partial charge in [0.2, 0.25) is 5.91 Å². The van der Waals surface area contributed by atoms with Crippen molar-refractivity contribution in [1.82, 2.24) is 14.7 Å². The number of ether oxygens (including phenoxy) is 1. The predicted octanol–water partition coefficient (Wildman–Crippen LogP) is 6.74. The van der Waals surface area contributed by atoms with Crippen molar-refractivity contribution in [2.75, 3.05) is 53.4 Å². The summed E-state index contributed by atoms with van der Waals surface area (Å²) in [6.07, 6.45) is 10.1. The van der Waals surface area contributed by atoms with Crippen molar-refractivity contribution < 1.29 is 9.53 Å². The number of rotatable bonds is 10. The van der Waals surface area contributed by atoms with E-state index in [1.165, 1.54) is 12.8 Å². The van der Waals surface area contributed by atoms with Crippen LogP contribution in [0.5, 0.6) is 11.5 Å². The summed E-state index contributed by atoms with van der Waals surface area (Å²) in [4.78, 5) is 30.3. The third-order valence-corrected chi connectivity index (χ3v) is 10.1. The Morgan fingerprint density at radius 2 is 1.77 bits per heavy atom. The second kappa shape index (κ2) is 16.3. The first-order valence-corrected chi connectivity index (χ1v) is 17.3. The van der Waals surface area contributed by atoms with Crippen molar-refractivity contribution in [3.05, 3.63) is 83.6 Å². The minimum atomic E-state index is 0.0854. The Morgan fingerprint density at radius 1 is 1.06 bits per heavy atom. The molecule has 1 N–H and O–H groups in total. The number of aliphatic imine (C=N–C) groups is 2. The van der Waals surface area contributed by atoms with Crippen LogP contribution < -0.4 is 4.74 Å². The third-order valence-electron chi connectivity index (χ3n) is 10.1. The lowest BCUT2D eigenvalue weighted by Gasteiger charge is -2.38. The normalized spacial score (nSPS) is 23.4. The first-order chi connectivity index (χ1) is 22.7. The van der Waals surface area contributed by atoms with Gasteiger partial charge in [-0.25, -0.2) is 0 Å². The molecule has 2 saturated heterocycles. The number of amides is 1. The average molecular weight is 637 g/mol. The molecule has 3 aliphatic heterocycles. The summed E-state index contributed by atoms with van der Waals surface area (Å²) in [5.41, 5.74) is 3.91. The fourth-order valence-corrected chi connectivity index (χ4v) is 7.34. The first kappa shape index (κ1) is 34.5. The smallest absolute Gasteiger partial charge is 0.246 e. The Balaban J connectivity index is 1.31. The summed E-state index contributed by atoms with van der Waals surface area (Å²) >= 11 is 0. The van der Waals surface area contributed by atoms with Gasteiger partial charge in [-0.15, -0.1) is 0 Å². The first-order valence-electron chi connectivity index (χ1n) is 17.3. The monoisotopic (exact) mass is 636 g/mol. The van der Waals surface area contributed by atoms with E-state index in [1.807, 2.05) is 85.6 Å². The number of likely N-dealkylation sites (tertiary alicyclic amines) is 2. The maximum atomic E-state index is 13.4. The summed E-state index contributed by atoms with van der Waals surface area (Å²) in [6, 6.07) is 18.3. The number of benzene rings is 2. The van der Waals surface area contributed by atoms with Crippen molar-refractivity contribution in [1.29, 1.82) is 5.41 Å². The van der Waals surface area contributed by atoms with E-state index in [1.54, 1.807) is 6.08 Å². The Kier molecular flexibility index (Phi) is 11.9. The van der Waals surface area contributed by atoms with Crippen molar-refractivity contribution in [2.45, 2.75) is 52.5 Å². The Morgan fingerprint density at radius 3 is 2.45 bits per heavy atom. The predicted molar refractivity (Wildman–Crippen MR) is 193 cm³/mol. The van der Waals surface area contributed by atoms with Gasteiger partial charge in [-0.05, 0) is 115 Å². The molecule has 3 heterocycles. The van der Waals surface area contributed by atoms with Crippen molar-refractivity contribution in [3.8, 4) is 11.5 Å². The van der Waals surface area contributed by atoms with Crippen LogP contribution in [0, 0.1) is 23.2 Å². The van der Waals surface area contributed by atoms with Gasteiger partial charge in [-0.3, -0.25) is 19.7 Å². The molecule has 8 nitrogen and oxygen atoms in total. The summed E-state index contributed by atoms with van der Waals surface area (Å²) in [5, 5.41) is 8.82. The Bertz CT molecular complexity index is 1490. The van der Waals surface area contributed by atoms with Crippen LogP contribution in [-0.2, 0) is 4.79 Å². The fourth-order valence-electron chi connectivity index (χ4n) is 7.34. The number of carbonyl (C=O) groups is 1. The van der Waals surface area contributed by atoms with E-state index in [-0.39, 0.29) is 17.7 Å². The molecule has 0 aliphatic carbocycles. The molecule has 250 valence electrons. The van der Waals surface area contributed by atoms with Crippen molar-refractivity contribution in [3.63, 3.8) is 0 Å². The highest BCUT2D eigenvalue weighted by molar-refractivity contribution is 6.29. The van der Waals surface area contributed by atoms with Crippen LogP contribution in [0.3, 0.4) is 0 Å². The van der Waals surface area contributed by atoms with Gasteiger partial charge in [0.1, 0.15) is 11.5 Å². The van der Waals surface area contributed by atoms with Crippen LogP contribution in [0.1, 0.15) is 52.0 Å². The number of nitrogens with zero attached hydrogens (tertiary/aromatic N) is 5. The number of nitrogens with one attached hydrogen (secondary N) is 1. The lowest BCUT2D eigenvalue weighted by atomic mass is 9.76. The molecule has 5 rings (SSSR count). The molecule has 0 saturated carbocycles. The summed E-state index contributed by atoms with van der Waals surface area (Å²) in [5.74, 6) is 2.23. The zero-order valence-electron chi connectivity index (χ0n) is 28.9. The largest absolute Gasteiger partial charge is 0.457 e. The van der Waals surface area contributed by atoms with E-state index in [9.17, 15) is 4.79 Å². The van der Waals surface area contributed by atoms with Gasteiger partial charge < -0.3 is 19.9 Å². The van der Waals surface area contributed by atoms with Crippen LogP contribution in [-0.4, -0.2) is 97.7 Å².